The van der Waals surface area contributed by atoms with Gasteiger partial charge in [-0.15, -0.1) is 0 Å². The predicted molar refractivity (Wildman–Crippen MR) is 74.9 cm³/mol. The highest BCUT2D eigenvalue weighted by Gasteiger charge is 2.27. The zero-order valence-corrected chi connectivity index (χ0v) is 11.9. The van der Waals surface area contributed by atoms with Gasteiger partial charge in [-0.3, -0.25) is 0 Å². The Morgan fingerprint density at radius 3 is 2.28 bits per heavy atom. The van der Waals surface area contributed by atoms with Gasteiger partial charge in [0.1, 0.15) is 5.75 Å². The van der Waals surface area contributed by atoms with Crippen molar-refractivity contribution in [1.29, 1.82) is 0 Å². The van der Waals surface area contributed by atoms with Gasteiger partial charge in [0.05, 0.1) is 18.2 Å². The summed E-state index contributed by atoms with van der Waals surface area (Å²) in [6.45, 7) is 9.52. The normalized spacial score (nSPS) is 13.4. The van der Waals surface area contributed by atoms with E-state index in [0.29, 0.717) is 6.61 Å². The Bertz CT molecular complexity index is 346. The quantitative estimate of drug-likeness (QED) is 0.808. The minimum atomic E-state index is -0.361. The molecule has 102 valence electrons. The Balaban J connectivity index is 2.72. The molecule has 0 fully saturated rings. The van der Waals surface area contributed by atoms with E-state index in [2.05, 4.69) is 6.92 Å². The van der Waals surface area contributed by atoms with E-state index in [9.17, 15) is 0 Å². The fraction of sp³-hybridized carbons (Fsp3) is 0.600. The van der Waals surface area contributed by atoms with Gasteiger partial charge in [0.2, 0.25) is 0 Å². The van der Waals surface area contributed by atoms with E-state index in [1.54, 1.807) is 0 Å². The first-order valence-electron chi connectivity index (χ1n) is 6.63. The highest BCUT2D eigenvalue weighted by atomic mass is 16.5. The first kappa shape index (κ1) is 15.0. The predicted octanol–water partition coefficient (Wildman–Crippen LogP) is 3.29. The highest BCUT2D eigenvalue weighted by molar-refractivity contribution is 5.30. The van der Waals surface area contributed by atoms with Gasteiger partial charge in [-0.1, -0.05) is 19.1 Å². The molecular formula is C15H25NO2. The fourth-order valence-corrected chi connectivity index (χ4v) is 1.85. The highest BCUT2D eigenvalue weighted by Crippen LogP contribution is 2.27. The van der Waals surface area contributed by atoms with Crippen molar-refractivity contribution in [2.24, 2.45) is 5.73 Å². The molecule has 1 unspecified atom stereocenters. The summed E-state index contributed by atoms with van der Waals surface area (Å²) in [7, 11) is 0. The summed E-state index contributed by atoms with van der Waals surface area (Å²) in [5.74, 6) is 0.891. The zero-order valence-electron chi connectivity index (χ0n) is 11.9. The van der Waals surface area contributed by atoms with Crippen LogP contribution in [0.1, 0.15) is 45.7 Å². The van der Waals surface area contributed by atoms with Crippen molar-refractivity contribution in [3.63, 3.8) is 0 Å². The van der Waals surface area contributed by atoms with E-state index in [1.165, 1.54) is 0 Å². The average Bonchev–Trinajstić information content (AvgIpc) is 2.36. The summed E-state index contributed by atoms with van der Waals surface area (Å²) >= 11 is 0. The number of hydrogen-bond donors (Lipinski definition) is 1. The average molecular weight is 251 g/mol. The molecule has 3 heteroatoms. The number of rotatable bonds is 7. The standard InChI is InChI=1S/C15H25NO2/c1-5-11-17-13-9-7-12(8-10-13)14(16)15(3,4)18-6-2/h7-10,14H,5-6,11,16H2,1-4H3. The molecule has 1 aromatic carbocycles. The molecule has 0 saturated heterocycles. The lowest BCUT2D eigenvalue weighted by atomic mass is 9.92. The van der Waals surface area contributed by atoms with Gasteiger partial charge in [0.15, 0.2) is 0 Å². The van der Waals surface area contributed by atoms with Crippen LogP contribution in [-0.4, -0.2) is 18.8 Å². The zero-order chi connectivity index (χ0) is 13.6. The van der Waals surface area contributed by atoms with Crippen molar-refractivity contribution < 1.29 is 9.47 Å². The van der Waals surface area contributed by atoms with Crippen molar-refractivity contribution in [2.75, 3.05) is 13.2 Å². The third kappa shape index (κ3) is 4.00. The van der Waals surface area contributed by atoms with E-state index < -0.39 is 0 Å². The molecule has 1 atom stereocenters. The molecule has 0 aliphatic heterocycles. The van der Waals surface area contributed by atoms with Crippen molar-refractivity contribution in [3.8, 4) is 5.75 Å². The van der Waals surface area contributed by atoms with Crippen LogP contribution in [0.4, 0.5) is 0 Å². The second-order valence-corrected chi connectivity index (χ2v) is 4.93. The summed E-state index contributed by atoms with van der Waals surface area (Å²) in [4.78, 5) is 0. The number of nitrogens with two attached hydrogens (primary N) is 1. The maximum absolute atomic E-state index is 6.24. The monoisotopic (exact) mass is 251 g/mol. The van der Waals surface area contributed by atoms with Crippen molar-refractivity contribution in [3.05, 3.63) is 29.8 Å². The van der Waals surface area contributed by atoms with E-state index in [0.717, 1.165) is 24.3 Å². The van der Waals surface area contributed by atoms with Crippen LogP contribution in [0.5, 0.6) is 5.75 Å². The summed E-state index contributed by atoms with van der Waals surface area (Å²) in [6.07, 6.45) is 1.01. The molecule has 0 heterocycles. The van der Waals surface area contributed by atoms with Crippen LogP contribution >= 0.6 is 0 Å². The Hall–Kier alpha value is -1.06. The van der Waals surface area contributed by atoms with Crippen molar-refractivity contribution in [2.45, 2.75) is 45.8 Å². The lowest BCUT2D eigenvalue weighted by Gasteiger charge is -2.31. The molecule has 1 aromatic rings. The van der Waals surface area contributed by atoms with Crippen LogP contribution in [0.15, 0.2) is 24.3 Å². The van der Waals surface area contributed by atoms with Crippen molar-refractivity contribution in [1.82, 2.24) is 0 Å². The Kier molecular flexibility index (Phi) is 5.63. The molecule has 3 nitrogen and oxygen atoms in total. The summed E-state index contributed by atoms with van der Waals surface area (Å²) in [5, 5.41) is 0. The second kappa shape index (κ2) is 6.76. The molecular weight excluding hydrogens is 226 g/mol. The molecule has 0 saturated carbocycles. The smallest absolute Gasteiger partial charge is 0.119 e. The largest absolute Gasteiger partial charge is 0.494 e. The fourth-order valence-electron chi connectivity index (χ4n) is 1.85. The lowest BCUT2D eigenvalue weighted by molar-refractivity contribution is -0.0298. The Morgan fingerprint density at radius 2 is 1.78 bits per heavy atom. The lowest BCUT2D eigenvalue weighted by Crippen LogP contribution is -2.38. The molecule has 0 bridgehead atoms. The molecule has 1 rings (SSSR count). The summed E-state index contributed by atoms with van der Waals surface area (Å²) < 4.78 is 11.2. The van der Waals surface area contributed by atoms with E-state index in [1.807, 2.05) is 45.0 Å². The SMILES string of the molecule is CCCOc1ccc(C(N)C(C)(C)OCC)cc1. The minimum absolute atomic E-state index is 0.141. The molecule has 18 heavy (non-hydrogen) atoms. The minimum Gasteiger partial charge on any atom is -0.494 e. The third-order valence-corrected chi connectivity index (χ3v) is 2.98. The molecule has 0 aromatic heterocycles. The van der Waals surface area contributed by atoms with E-state index in [-0.39, 0.29) is 11.6 Å². The van der Waals surface area contributed by atoms with Gasteiger partial charge in [-0.25, -0.2) is 0 Å². The van der Waals surface area contributed by atoms with Crippen LogP contribution in [-0.2, 0) is 4.74 Å². The second-order valence-electron chi connectivity index (χ2n) is 4.93. The van der Waals surface area contributed by atoms with Crippen LogP contribution in [0.3, 0.4) is 0 Å². The molecule has 0 spiro atoms. The van der Waals surface area contributed by atoms with Crippen LogP contribution in [0, 0.1) is 0 Å². The van der Waals surface area contributed by atoms with Gasteiger partial charge >= 0.3 is 0 Å². The molecule has 0 aliphatic rings. The van der Waals surface area contributed by atoms with Gasteiger partial charge < -0.3 is 15.2 Å². The van der Waals surface area contributed by atoms with Crippen molar-refractivity contribution >= 4 is 0 Å². The molecule has 0 aliphatic carbocycles. The molecule has 0 radical (unpaired) electrons. The van der Waals surface area contributed by atoms with Crippen LogP contribution in [0.2, 0.25) is 0 Å². The van der Waals surface area contributed by atoms with Gasteiger partial charge in [0, 0.05) is 6.61 Å². The van der Waals surface area contributed by atoms with Crippen LogP contribution in [0.25, 0.3) is 0 Å². The van der Waals surface area contributed by atoms with Gasteiger partial charge in [-0.05, 0) is 44.9 Å². The first-order chi connectivity index (χ1) is 8.51. The topological polar surface area (TPSA) is 44.5 Å². The number of ether oxygens (including phenoxy) is 2. The first-order valence-corrected chi connectivity index (χ1v) is 6.63. The maximum Gasteiger partial charge on any atom is 0.119 e. The third-order valence-electron chi connectivity index (χ3n) is 2.98. The van der Waals surface area contributed by atoms with E-state index >= 15 is 0 Å². The summed E-state index contributed by atoms with van der Waals surface area (Å²) in [6, 6.07) is 7.81. The maximum atomic E-state index is 6.24. The number of benzene rings is 1. The molecule has 2 N–H and O–H groups in total. The van der Waals surface area contributed by atoms with E-state index in [4.69, 9.17) is 15.2 Å². The Labute approximate surface area is 110 Å². The Morgan fingerprint density at radius 1 is 1.17 bits per heavy atom. The molecule has 0 amide bonds. The van der Waals surface area contributed by atoms with Gasteiger partial charge in [-0.2, -0.15) is 0 Å². The summed E-state index contributed by atoms with van der Waals surface area (Å²) in [5.41, 5.74) is 6.95. The van der Waals surface area contributed by atoms with Gasteiger partial charge in [0.25, 0.3) is 0 Å². The van der Waals surface area contributed by atoms with Crippen LogP contribution < -0.4 is 10.5 Å². The number of hydrogen-bond acceptors (Lipinski definition) is 3.